The molecule has 0 fully saturated rings. The van der Waals surface area contributed by atoms with Gasteiger partial charge in [-0.15, -0.1) is 0 Å². The Kier molecular flexibility index (Phi) is 4.87. The number of pyridine rings is 2. The standard InChI is InChI=1S/C16H20N4O/c1-4-13-9-12(10-15(19-13)18-5-2)16(21)20(3)14-7-6-8-17-11-14/h6-11H,4-5H2,1-3H3,(H,18,19). The number of nitrogens with zero attached hydrogens (tertiary/aromatic N) is 3. The molecular formula is C16H20N4O. The van der Waals surface area contributed by atoms with Crippen LogP contribution in [-0.4, -0.2) is 29.5 Å². The third kappa shape index (κ3) is 3.56. The number of hydrogen-bond acceptors (Lipinski definition) is 4. The Balaban J connectivity index is 2.31. The van der Waals surface area contributed by atoms with Gasteiger partial charge in [-0.25, -0.2) is 4.98 Å². The fourth-order valence-electron chi connectivity index (χ4n) is 2.03. The molecule has 0 spiro atoms. The smallest absolute Gasteiger partial charge is 0.258 e. The van der Waals surface area contributed by atoms with E-state index >= 15 is 0 Å². The molecule has 0 aromatic carbocycles. The average molecular weight is 284 g/mol. The quantitative estimate of drug-likeness (QED) is 0.917. The summed E-state index contributed by atoms with van der Waals surface area (Å²) in [5, 5.41) is 3.16. The van der Waals surface area contributed by atoms with Crippen LogP contribution in [0.3, 0.4) is 0 Å². The van der Waals surface area contributed by atoms with Crippen molar-refractivity contribution in [2.75, 3.05) is 23.8 Å². The Morgan fingerprint density at radius 2 is 2.14 bits per heavy atom. The van der Waals surface area contributed by atoms with Gasteiger partial charge in [0.2, 0.25) is 0 Å². The van der Waals surface area contributed by atoms with Crippen molar-refractivity contribution < 1.29 is 4.79 Å². The highest BCUT2D eigenvalue weighted by Gasteiger charge is 2.15. The second-order valence-corrected chi connectivity index (χ2v) is 4.69. The molecule has 0 bridgehead atoms. The Bertz CT molecular complexity index is 613. The summed E-state index contributed by atoms with van der Waals surface area (Å²) < 4.78 is 0. The summed E-state index contributed by atoms with van der Waals surface area (Å²) in [5.41, 5.74) is 2.29. The summed E-state index contributed by atoms with van der Waals surface area (Å²) in [6.07, 6.45) is 4.15. The first-order valence-corrected chi connectivity index (χ1v) is 7.08. The molecule has 0 saturated carbocycles. The maximum absolute atomic E-state index is 12.6. The van der Waals surface area contributed by atoms with E-state index in [1.165, 1.54) is 0 Å². The molecule has 110 valence electrons. The van der Waals surface area contributed by atoms with Crippen molar-refractivity contribution in [2.45, 2.75) is 20.3 Å². The minimum absolute atomic E-state index is 0.0701. The van der Waals surface area contributed by atoms with Gasteiger partial charge in [0, 0.05) is 31.0 Å². The van der Waals surface area contributed by atoms with Crippen LogP contribution < -0.4 is 10.2 Å². The number of hydrogen-bond donors (Lipinski definition) is 1. The molecule has 5 nitrogen and oxygen atoms in total. The van der Waals surface area contributed by atoms with Crippen molar-refractivity contribution in [1.29, 1.82) is 0 Å². The van der Waals surface area contributed by atoms with E-state index in [1.807, 2.05) is 32.0 Å². The van der Waals surface area contributed by atoms with Gasteiger partial charge in [0.25, 0.3) is 5.91 Å². The van der Waals surface area contributed by atoms with E-state index < -0.39 is 0 Å². The summed E-state index contributed by atoms with van der Waals surface area (Å²) in [4.78, 5) is 22.7. The first-order chi connectivity index (χ1) is 10.2. The minimum Gasteiger partial charge on any atom is -0.370 e. The molecule has 2 rings (SSSR count). The van der Waals surface area contributed by atoms with E-state index in [9.17, 15) is 4.79 Å². The van der Waals surface area contributed by atoms with Gasteiger partial charge in [-0.05, 0) is 37.6 Å². The first-order valence-electron chi connectivity index (χ1n) is 7.08. The fourth-order valence-corrected chi connectivity index (χ4v) is 2.03. The Morgan fingerprint density at radius 3 is 2.76 bits per heavy atom. The van der Waals surface area contributed by atoms with Crippen LogP contribution in [-0.2, 0) is 6.42 Å². The van der Waals surface area contributed by atoms with Gasteiger partial charge in [0.15, 0.2) is 0 Å². The van der Waals surface area contributed by atoms with E-state index in [0.717, 1.165) is 30.2 Å². The van der Waals surface area contributed by atoms with Crippen LogP contribution in [0.25, 0.3) is 0 Å². The number of carbonyl (C=O) groups is 1. The third-order valence-corrected chi connectivity index (χ3v) is 3.18. The van der Waals surface area contributed by atoms with Crippen LogP contribution in [0.5, 0.6) is 0 Å². The number of rotatable bonds is 5. The van der Waals surface area contributed by atoms with Crippen molar-refractivity contribution in [3.05, 3.63) is 47.9 Å². The SMILES string of the molecule is CCNc1cc(C(=O)N(C)c2cccnc2)cc(CC)n1. The fraction of sp³-hybridized carbons (Fsp3) is 0.312. The monoisotopic (exact) mass is 284 g/mol. The van der Waals surface area contributed by atoms with E-state index in [1.54, 1.807) is 30.4 Å². The zero-order chi connectivity index (χ0) is 15.2. The lowest BCUT2D eigenvalue weighted by Gasteiger charge is -2.17. The number of carbonyl (C=O) groups excluding carboxylic acids is 1. The molecule has 0 aliphatic heterocycles. The lowest BCUT2D eigenvalue weighted by atomic mass is 10.1. The molecule has 0 saturated heterocycles. The van der Waals surface area contributed by atoms with Crippen LogP contribution in [0.4, 0.5) is 11.5 Å². The highest BCUT2D eigenvalue weighted by Crippen LogP contribution is 2.17. The van der Waals surface area contributed by atoms with Crippen LogP contribution in [0, 0.1) is 0 Å². The second kappa shape index (κ2) is 6.83. The molecule has 5 heteroatoms. The van der Waals surface area contributed by atoms with E-state index in [0.29, 0.717) is 5.56 Å². The van der Waals surface area contributed by atoms with Crippen molar-refractivity contribution in [3.8, 4) is 0 Å². The first kappa shape index (κ1) is 15.0. The molecule has 0 unspecified atom stereocenters. The predicted molar refractivity (Wildman–Crippen MR) is 84.7 cm³/mol. The zero-order valence-electron chi connectivity index (χ0n) is 12.6. The summed E-state index contributed by atoms with van der Waals surface area (Å²) in [5.74, 6) is 0.666. The number of aromatic nitrogens is 2. The normalized spacial score (nSPS) is 10.2. The van der Waals surface area contributed by atoms with Crippen LogP contribution in [0.1, 0.15) is 29.9 Å². The molecule has 0 radical (unpaired) electrons. The largest absolute Gasteiger partial charge is 0.370 e. The molecular weight excluding hydrogens is 264 g/mol. The Morgan fingerprint density at radius 1 is 1.33 bits per heavy atom. The Hall–Kier alpha value is -2.43. The van der Waals surface area contributed by atoms with Gasteiger partial charge in [-0.1, -0.05) is 6.92 Å². The van der Waals surface area contributed by atoms with Crippen LogP contribution >= 0.6 is 0 Å². The highest BCUT2D eigenvalue weighted by molar-refractivity contribution is 6.06. The van der Waals surface area contributed by atoms with Gasteiger partial charge in [0.1, 0.15) is 5.82 Å². The van der Waals surface area contributed by atoms with Crippen LogP contribution in [0.15, 0.2) is 36.7 Å². The van der Waals surface area contributed by atoms with Gasteiger partial charge in [0.05, 0.1) is 11.9 Å². The topological polar surface area (TPSA) is 58.1 Å². The highest BCUT2D eigenvalue weighted by atomic mass is 16.2. The molecule has 1 amide bonds. The lowest BCUT2D eigenvalue weighted by molar-refractivity contribution is 0.0993. The summed E-state index contributed by atoms with van der Waals surface area (Å²) >= 11 is 0. The van der Waals surface area contributed by atoms with Gasteiger partial charge in [-0.2, -0.15) is 0 Å². The Labute approximate surface area is 125 Å². The molecule has 0 aliphatic rings. The zero-order valence-corrected chi connectivity index (χ0v) is 12.6. The molecule has 2 aromatic rings. The van der Waals surface area contributed by atoms with Crippen molar-refractivity contribution >= 4 is 17.4 Å². The van der Waals surface area contributed by atoms with Crippen molar-refractivity contribution in [2.24, 2.45) is 0 Å². The number of amides is 1. The second-order valence-electron chi connectivity index (χ2n) is 4.69. The maximum Gasteiger partial charge on any atom is 0.258 e. The van der Waals surface area contributed by atoms with E-state index in [2.05, 4.69) is 15.3 Å². The lowest BCUT2D eigenvalue weighted by Crippen LogP contribution is -2.26. The predicted octanol–water partition coefficient (Wildman–Crippen LogP) is 2.75. The third-order valence-electron chi connectivity index (χ3n) is 3.18. The maximum atomic E-state index is 12.6. The number of aryl methyl sites for hydroxylation is 1. The van der Waals surface area contributed by atoms with E-state index in [4.69, 9.17) is 0 Å². The van der Waals surface area contributed by atoms with E-state index in [-0.39, 0.29) is 5.91 Å². The summed E-state index contributed by atoms with van der Waals surface area (Å²) in [6.45, 7) is 4.80. The van der Waals surface area contributed by atoms with Gasteiger partial charge < -0.3 is 10.2 Å². The van der Waals surface area contributed by atoms with Crippen LogP contribution in [0.2, 0.25) is 0 Å². The van der Waals surface area contributed by atoms with Crippen molar-refractivity contribution in [1.82, 2.24) is 9.97 Å². The molecule has 1 N–H and O–H groups in total. The molecule has 21 heavy (non-hydrogen) atoms. The molecule has 2 heterocycles. The minimum atomic E-state index is -0.0701. The number of nitrogens with one attached hydrogen (secondary N) is 1. The number of anilines is 2. The van der Waals surface area contributed by atoms with Gasteiger partial charge >= 0.3 is 0 Å². The molecule has 2 aromatic heterocycles. The molecule has 0 aliphatic carbocycles. The average Bonchev–Trinajstić information content (AvgIpc) is 2.54. The summed E-state index contributed by atoms with van der Waals surface area (Å²) in [6, 6.07) is 7.30. The van der Waals surface area contributed by atoms with Crippen molar-refractivity contribution in [3.63, 3.8) is 0 Å². The van der Waals surface area contributed by atoms with Gasteiger partial charge in [-0.3, -0.25) is 9.78 Å². The molecule has 0 atom stereocenters. The summed E-state index contributed by atoms with van der Waals surface area (Å²) in [7, 11) is 1.75.